The van der Waals surface area contributed by atoms with Crippen LogP contribution in [0, 0.1) is 13.8 Å². The maximum Gasteiger partial charge on any atom is 0.224 e. The molecule has 2 N–H and O–H groups in total. The Morgan fingerprint density at radius 2 is 2.05 bits per heavy atom. The van der Waals surface area contributed by atoms with Gasteiger partial charge in [-0.1, -0.05) is 18.1 Å². The van der Waals surface area contributed by atoms with E-state index in [1.165, 1.54) is 0 Å². The molecule has 1 amide bonds. The number of carbonyl (C=O) groups excluding carboxylic acids is 1. The number of nitrogens with one attached hydrogen (secondary N) is 2. The van der Waals surface area contributed by atoms with Gasteiger partial charge >= 0.3 is 0 Å². The molecule has 20 heavy (non-hydrogen) atoms. The lowest BCUT2D eigenvalue weighted by molar-refractivity contribution is -0.115. The van der Waals surface area contributed by atoms with E-state index in [-0.39, 0.29) is 5.91 Å². The van der Waals surface area contributed by atoms with Crippen molar-refractivity contribution in [1.82, 2.24) is 5.16 Å². The Bertz CT molecular complexity index is 585. The number of hydrogen-bond acceptors (Lipinski definition) is 4. The standard InChI is InChI=1S/C15H19N3O2/c1-4-15(19)17-13-7-5-6-12(8-13)16-9-14-10(2)18-20-11(14)3/h5-8,16H,4,9H2,1-3H3,(H,17,19). The van der Waals surface area contributed by atoms with Gasteiger partial charge in [0.05, 0.1) is 5.69 Å². The third kappa shape index (κ3) is 3.38. The molecule has 0 spiro atoms. The normalized spacial score (nSPS) is 10.3. The Balaban J connectivity index is 2.03. The summed E-state index contributed by atoms with van der Waals surface area (Å²) in [5, 5.41) is 10.1. The van der Waals surface area contributed by atoms with E-state index in [2.05, 4.69) is 15.8 Å². The van der Waals surface area contributed by atoms with E-state index >= 15 is 0 Å². The van der Waals surface area contributed by atoms with Gasteiger partial charge in [-0.25, -0.2) is 0 Å². The van der Waals surface area contributed by atoms with Crippen LogP contribution in [0.5, 0.6) is 0 Å². The topological polar surface area (TPSA) is 67.2 Å². The fraction of sp³-hybridized carbons (Fsp3) is 0.333. The summed E-state index contributed by atoms with van der Waals surface area (Å²) in [6.07, 6.45) is 0.469. The SMILES string of the molecule is CCC(=O)Nc1cccc(NCc2c(C)noc2C)c1. The van der Waals surface area contributed by atoms with Crippen molar-refractivity contribution in [3.05, 3.63) is 41.3 Å². The molecule has 0 fully saturated rings. The number of amides is 1. The smallest absolute Gasteiger partial charge is 0.224 e. The average Bonchev–Trinajstić information content (AvgIpc) is 2.76. The van der Waals surface area contributed by atoms with Crippen molar-refractivity contribution < 1.29 is 9.32 Å². The number of hydrogen-bond donors (Lipinski definition) is 2. The predicted molar refractivity (Wildman–Crippen MR) is 78.7 cm³/mol. The lowest BCUT2D eigenvalue weighted by Crippen LogP contribution is -2.09. The van der Waals surface area contributed by atoms with Gasteiger partial charge in [0.1, 0.15) is 5.76 Å². The average molecular weight is 273 g/mol. The monoisotopic (exact) mass is 273 g/mol. The number of anilines is 2. The number of aryl methyl sites for hydroxylation is 2. The molecule has 0 saturated heterocycles. The summed E-state index contributed by atoms with van der Waals surface area (Å²) in [4.78, 5) is 11.4. The highest BCUT2D eigenvalue weighted by molar-refractivity contribution is 5.90. The number of benzene rings is 1. The fourth-order valence-corrected chi connectivity index (χ4v) is 1.90. The van der Waals surface area contributed by atoms with Crippen LogP contribution in [-0.4, -0.2) is 11.1 Å². The highest BCUT2D eigenvalue weighted by Gasteiger charge is 2.08. The summed E-state index contributed by atoms with van der Waals surface area (Å²) >= 11 is 0. The quantitative estimate of drug-likeness (QED) is 0.877. The second kappa shape index (κ2) is 6.23. The summed E-state index contributed by atoms with van der Waals surface area (Å²) in [5.74, 6) is 0.832. The molecular weight excluding hydrogens is 254 g/mol. The zero-order chi connectivity index (χ0) is 14.5. The Morgan fingerprint density at radius 3 is 2.70 bits per heavy atom. The first-order chi connectivity index (χ1) is 9.60. The summed E-state index contributed by atoms with van der Waals surface area (Å²) < 4.78 is 5.13. The molecule has 0 aliphatic heterocycles. The molecule has 1 heterocycles. The van der Waals surface area contributed by atoms with E-state index in [4.69, 9.17) is 4.52 Å². The molecule has 0 radical (unpaired) electrons. The zero-order valence-corrected chi connectivity index (χ0v) is 12.0. The van der Waals surface area contributed by atoms with Crippen molar-refractivity contribution in [1.29, 1.82) is 0 Å². The Hall–Kier alpha value is -2.30. The van der Waals surface area contributed by atoms with E-state index < -0.39 is 0 Å². The summed E-state index contributed by atoms with van der Waals surface area (Å²) in [6, 6.07) is 7.64. The molecule has 2 rings (SSSR count). The van der Waals surface area contributed by atoms with Crippen LogP contribution in [0.4, 0.5) is 11.4 Å². The van der Waals surface area contributed by atoms with Gasteiger partial charge < -0.3 is 15.2 Å². The van der Waals surface area contributed by atoms with Gasteiger partial charge in [-0.2, -0.15) is 0 Å². The molecule has 5 nitrogen and oxygen atoms in total. The molecule has 0 unspecified atom stereocenters. The Kier molecular flexibility index (Phi) is 4.40. The van der Waals surface area contributed by atoms with Crippen LogP contribution in [0.15, 0.2) is 28.8 Å². The first-order valence-electron chi connectivity index (χ1n) is 6.65. The maximum atomic E-state index is 11.4. The first kappa shape index (κ1) is 14.1. The predicted octanol–water partition coefficient (Wildman–Crippen LogP) is 3.25. The lowest BCUT2D eigenvalue weighted by atomic mass is 10.2. The van der Waals surface area contributed by atoms with Crippen LogP contribution in [0.25, 0.3) is 0 Å². The maximum absolute atomic E-state index is 11.4. The number of nitrogens with zero attached hydrogens (tertiary/aromatic N) is 1. The Labute approximate surface area is 118 Å². The highest BCUT2D eigenvalue weighted by Crippen LogP contribution is 2.18. The number of rotatable bonds is 5. The van der Waals surface area contributed by atoms with E-state index in [0.717, 1.165) is 28.4 Å². The third-order valence-electron chi connectivity index (χ3n) is 3.12. The summed E-state index contributed by atoms with van der Waals surface area (Å²) in [7, 11) is 0. The number of carbonyl (C=O) groups is 1. The van der Waals surface area contributed by atoms with E-state index in [1.54, 1.807) is 0 Å². The molecule has 106 valence electrons. The van der Waals surface area contributed by atoms with Crippen molar-refractivity contribution in [2.75, 3.05) is 10.6 Å². The van der Waals surface area contributed by atoms with Crippen molar-refractivity contribution in [2.24, 2.45) is 0 Å². The molecular formula is C15H19N3O2. The zero-order valence-electron chi connectivity index (χ0n) is 12.0. The van der Waals surface area contributed by atoms with Gasteiger partial charge in [-0.15, -0.1) is 0 Å². The molecule has 1 aromatic carbocycles. The van der Waals surface area contributed by atoms with Gasteiger partial charge in [0, 0.05) is 29.9 Å². The molecule has 5 heteroatoms. The van der Waals surface area contributed by atoms with Crippen LogP contribution in [0.2, 0.25) is 0 Å². The van der Waals surface area contributed by atoms with Gasteiger partial charge in [-0.05, 0) is 32.0 Å². The fourth-order valence-electron chi connectivity index (χ4n) is 1.90. The molecule has 0 saturated carbocycles. The summed E-state index contributed by atoms with van der Waals surface area (Å²) in [5.41, 5.74) is 3.69. The second-order valence-corrected chi connectivity index (χ2v) is 4.64. The van der Waals surface area contributed by atoms with E-state index in [0.29, 0.717) is 13.0 Å². The summed E-state index contributed by atoms with van der Waals surface area (Å²) in [6.45, 7) is 6.29. The third-order valence-corrected chi connectivity index (χ3v) is 3.12. The first-order valence-corrected chi connectivity index (χ1v) is 6.65. The van der Waals surface area contributed by atoms with Crippen LogP contribution >= 0.6 is 0 Å². The van der Waals surface area contributed by atoms with E-state index in [1.807, 2.05) is 45.0 Å². The van der Waals surface area contributed by atoms with Gasteiger partial charge in [-0.3, -0.25) is 4.79 Å². The molecule has 2 aromatic rings. The Morgan fingerprint density at radius 1 is 1.30 bits per heavy atom. The van der Waals surface area contributed by atoms with Crippen LogP contribution in [0.3, 0.4) is 0 Å². The largest absolute Gasteiger partial charge is 0.381 e. The van der Waals surface area contributed by atoms with Crippen LogP contribution < -0.4 is 10.6 Å². The van der Waals surface area contributed by atoms with Gasteiger partial charge in [0.2, 0.25) is 5.91 Å². The van der Waals surface area contributed by atoms with Crippen molar-refractivity contribution >= 4 is 17.3 Å². The molecule has 0 atom stereocenters. The minimum Gasteiger partial charge on any atom is -0.381 e. The van der Waals surface area contributed by atoms with Gasteiger partial charge in [0.15, 0.2) is 0 Å². The van der Waals surface area contributed by atoms with Crippen molar-refractivity contribution in [2.45, 2.75) is 33.7 Å². The molecule has 1 aromatic heterocycles. The minimum atomic E-state index is 0.00729. The van der Waals surface area contributed by atoms with Crippen LogP contribution in [-0.2, 0) is 11.3 Å². The highest BCUT2D eigenvalue weighted by atomic mass is 16.5. The molecule has 0 aliphatic carbocycles. The van der Waals surface area contributed by atoms with Crippen molar-refractivity contribution in [3.8, 4) is 0 Å². The molecule has 0 bridgehead atoms. The van der Waals surface area contributed by atoms with Crippen LogP contribution in [0.1, 0.15) is 30.4 Å². The van der Waals surface area contributed by atoms with Crippen molar-refractivity contribution in [3.63, 3.8) is 0 Å². The number of aromatic nitrogens is 1. The van der Waals surface area contributed by atoms with E-state index in [9.17, 15) is 4.79 Å². The second-order valence-electron chi connectivity index (χ2n) is 4.64. The molecule has 0 aliphatic rings. The van der Waals surface area contributed by atoms with Gasteiger partial charge in [0.25, 0.3) is 0 Å². The lowest BCUT2D eigenvalue weighted by Gasteiger charge is -2.09. The minimum absolute atomic E-state index is 0.00729.